The van der Waals surface area contributed by atoms with Gasteiger partial charge in [0.15, 0.2) is 0 Å². The summed E-state index contributed by atoms with van der Waals surface area (Å²) in [4.78, 5) is 11.1. The number of rotatable bonds is 7. The van der Waals surface area contributed by atoms with Crippen LogP contribution in [0.2, 0.25) is 0 Å². The van der Waals surface area contributed by atoms with Gasteiger partial charge in [-0.3, -0.25) is 4.79 Å². The molecule has 114 valence electrons. The molecule has 1 atom stereocenters. The molecule has 0 unspecified atom stereocenters. The second kappa shape index (κ2) is 7.20. The molecular formula is C14H18N2O4S. The van der Waals surface area contributed by atoms with Crippen LogP contribution in [-0.2, 0) is 20.6 Å². The van der Waals surface area contributed by atoms with Crippen LogP contribution in [0.5, 0.6) is 0 Å². The predicted octanol–water partition coefficient (Wildman–Crippen LogP) is 1.48. The van der Waals surface area contributed by atoms with Gasteiger partial charge in [-0.15, -0.1) is 0 Å². The Morgan fingerprint density at radius 3 is 2.52 bits per heavy atom. The quantitative estimate of drug-likeness (QED) is 0.793. The summed E-state index contributed by atoms with van der Waals surface area (Å²) in [5.74, 6) is -1.58. The minimum atomic E-state index is -3.84. The lowest BCUT2D eigenvalue weighted by atomic mass is 10.1. The molecular weight excluding hydrogens is 292 g/mol. The van der Waals surface area contributed by atoms with Crippen LogP contribution < -0.4 is 4.72 Å². The van der Waals surface area contributed by atoms with E-state index in [1.54, 1.807) is 12.1 Å². The number of sulfonamides is 1. The summed E-state index contributed by atoms with van der Waals surface area (Å²) in [6.07, 6.45) is 0.203. The molecule has 0 saturated heterocycles. The molecule has 7 heteroatoms. The van der Waals surface area contributed by atoms with E-state index >= 15 is 0 Å². The highest BCUT2D eigenvalue weighted by Crippen LogP contribution is 2.13. The van der Waals surface area contributed by atoms with Gasteiger partial charge in [0, 0.05) is 0 Å². The normalized spacial score (nSPS) is 12.9. The number of benzene rings is 1. The van der Waals surface area contributed by atoms with Crippen molar-refractivity contribution >= 4 is 16.0 Å². The van der Waals surface area contributed by atoms with E-state index in [1.807, 2.05) is 19.9 Å². The molecule has 0 radical (unpaired) electrons. The standard InChI is InChI=1S/C14H18N2O4S/c1-10(2)7-13(14(17)18)16-21(19,20)9-12-6-4-3-5-11(12)8-15/h3-6,10,13,16H,7,9H2,1-2H3,(H,17,18)/t13-/m0/s1. The van der Waals surface area contributed by atoms with E-state index in [9.17, 15) is 13.2 Å². The average molecular weight is 310 g/mol. The van der Waals surface area contributed by atoms with Gasteiger partial charge in [0.25, 0.3) is 0 Å². The van der Waals surface area contributed by atoms with Crippen LogP contribution in [0.15, 0.2) is 24.3 Å². The second-order valence-electron chi connectivity index (χ2n) is 5.17. The van der Waals surface area contributed by atoms with E-state index in [4.69, 9.17) is 10.4 Å². The number of aliphatic carboxylic acids is 1. The number of nitrogens with zero attached hydrogens (tertiary/aromatic N) is 1. The molecule has 1 aromatic carbocycles. The number of hydrogen-bond acceptors (Lipinski definition) is 4. The Morgan fingerprint density at radius 2 is 2.00 bits per heavy atom. The molecule has 1 aromatic rings. The molecule has 0 heterocycles. The van der Waals surface area contributed by atoms with Crippen molar-refractivity contribution in [1.29, 1.82) is 5.26 Å². The Morgan fingerprint density at radius 1 is 1.38 bits per heavy atom. The van der Waals surface area contributed by atoms with Crippen molar-refractivity contribution in [1.82, 2.24) is 4.72 Å². The lowest BCUT2D eigenvalue weighted by Gasteiger charge is -2.16. The first kappa shape index (κ1) is 17.1. The fraction of sp³-hybridized carbons (Fsp3) is 0.429. The fourth-order valence-corrected chi connectivity index (χ4v) is 3.26. The Bertz CT molecular complexity index is 647. The monoisotopic (exact) mass is 310 g/mol. The maximum atomic E-state index is 12.1. The Balaban J connectivity index is 2.91. The molecule has 21 heavy (non-hydrogen) atoms. The molecule has 0 amide bonds. The van der Waals surface area contributed by atoms with Crippen LogP contribution in [0.3, 0.4) is 0 Å². The van der Waals surface area contributed by atoms with Gasteiger partial charge < -0.3 is 5.11 Å². The number of carboxylic acids is 1. The van der Waals surface area contributed by atoms with Crippen LogP contribution in [0, 0.1) is 17.2 Å². The van der Waals surface area contributed by atoms with E-state index < -0.39 is 27.8 Å². The summed E-state index contributed by atoms with van der Waals surface area (Å²) >= 11 is 0. The van der Waals surface area contributed by atoms with Gasteiger partial charge in [-0.25, -0.2) is 13.1 Å². The first-order valence-corrected chi connectivity index (χ1v) is 8.11. The fourth-order valence-electron chi connectivity index (χ4n) is 1.89. The molecule has 0 aliphatic rings. The van der Waals surface area contributed by atoms with Gasteiger partial charge in [0.1, 0.15) is 6.04 Å². The lowest BCUT2D eigenvalue weighted by molar-refractivity contribution is -0.139. The van der Waals surface area contributed by atoms with E-state index in [1.165, 1.54) is 12.1 Å². The Kier molecular flexibility index (Phi) is 5.88. The topological polar surface area (TPSA) is 107 Å². The van der Waals surface area contributed by atoms with Gasteiger partial charge in [-0.2, -0.15) is 5.26 Å². The number of nitriles is 1. The van der Waals surface area contributed by atoms with Gasteiger partial charge >= 0.3 is 5.97 Å². The molecule has 0 aromatic heterocycles. The third-order valence-electron chi connectivity index (χ3n) is 2.81. The third-order valence-corrected chi connectivity index (χ3v) is 4.15. The van der Waals surface area contributed by atoms with Crippen molar-refractivity contribution in [3.63, 3.8) is 0 Å². The second-order valence-corrected chi connectivity index (χ2v) is 6.92. The summed E-state index contributed by atoms with van der Waals surface area (Å²) < 4.78 is 26.3. The number of nitrogens with one attached hydrogen (secondary N) is 1. The summed E-state index contributed by atoms with van der Waals surface area (Å²) in [6, 6.07) is 7.09. The van der Waals surface area contributed by atoms with Crippen LogP contribution >= 0.6 is 0 Å². The summed E-state index contributed by atoms with van der Waals surface area (Å²) in [7, 11) is -3.84. The molecule has 0 fully saturated rings. The molecule has 0 saturated carbocycles. The zero-order valence-corrected chi connectivity index (χ0v) is 12.7. The minimum absolute atomic E-state index is 0.0418. The minimum Gasteiger partial charge on any atom is -0.480 e. The summed E-state index contributed by atoms with van der Waals surface area (Å²) in [6.45, 7) is 3.63. The van der Waals surface area contributed by atoms with Crippen molar-refractivity contribution in [2.24, 2.45) is 5.92 Å². The maximum absolute atomic E-state index is 12.1. The van der Waals surface area contributed by atoms with Crippen molar-refractivity contribution < 1.29 is 18.3 Å². The zero-order valence-electron chi connectivity index (χ0n) is 11.9. The highest BCUT2D eigenvalue weighted by atomic mass is 32.2. The highest BCUT2D eigenvalue weighted by Gasteiger charge is 2.25. The summed E-state index contributed by atoms with van der Waals surface area (Å²) in [5.41, 5.74) is 0.611. The average Bonchev–Trinajstić information content (AvgIpc) is 2.37. The highest BCUT2D eigenvalue weighted by molar-refractivity contribution is 7.88. The Labute approximate surface area is 124 Å². The number of carbonyl (C=O) groups is 1. The van der Waals surface area contributed by atoms with Crippen LogP contribution in [0.1, 0.15) is 31.4 Å². The maximum Gasteiger partial charge on any atom is 0.321 e. The summed E-state index contributed by atoms with van der Waals surface area (Å²) in [5, 5.41) is 18.0. The Hall–Kier alpha value is -1.91. The molecule has 0 aliphatic carbocycles. The van der Waals surface area contributed by atoms with E-state index in [0.717, 1.165) is 0 Å². The zero-order chi connectivity index (χ0) is 16.0. The van der Waals surface area contributed by atoms with Crippen molar-refractivity contribution in [3.8, 4) is 6.07 Å². The van der Waals surface area contributed by atoms with Gasteiger partial charge in [0.05, 0.1) is 17.4 Å². The van der Waals surface area contributed by atoms with E-state index in [2.05, 4.69) is 4.72 Å². The predicted molar refractivity (Wildman–Crippen MR) is 77.8 cm³/mol. The van der Waals surface area contributed by atoms with Gasteiger partial charge in [0.2, 0.25) is 10.0 Å². The molecule has 0 aliphatic heterocycles. The van der Waals surface area contributed by atoms with Crippen LogP contribution in [-0.4, -0.2) is 25.5 Å². The molecule has 0 bridgehead atoms. The number of hydrogen-bond donors (Lipinski definition) is 2. The van der Waals surface area contributed by atoms with E-state index in [0.29, 0.717) is 5.56 Å². The molecule has 6 nitrogen and oxygen atoms in total. The van der Waals surface area contributed by atoms with Gasteiger partial charge in [-0.1, -0.05) is 32.0 Å². The van der Waals surface area contributed by atoms with Crippen LogP contribution in [0.25, 0.3) is 0 Å². The van der Waals surface area contributed by atoms with Crippen molar-refractivity contribution in [3.05, 3.63) is 35.4 Å². The van der Waals surface area contributed by atoms with E-state index in [-0.39, 0.29) is 17.9 Å². The number of carboxylic acid groups (broad SMARTS) is 1. The molecule has 0 spiro atoms. The molecule has 1 rings (SSSR count). The molecule has 2 N–H and O–H groups in total. The largest absolute Gasteiger partial charge is 0.480 e. The van der Waals surface area contributed by atoms with Crippen molar-refractivity contribution in [2.75, 3.05) is 0 Å². The lowest BCUT2D eigenvalue weighted by Crippen LogP contribution is -2.42. The first-order valence-electron chi connectivity index (χ1n) is 6.46. The first-order chi connectivity index (χ1) is 9.75. The van der Waals surface area contributed by atoms with Crippen molar-refractivity contribution in [2.45, 2.75) is 32.1 Å². The SMILES string of the molecule is CC(C)C[C@H](NS(=O)(=O)Cc1ccccc1C#N)C(=O)O. The smallest absolute Gasteiger partial charge is 0.321 e. The third kappa shape index (κ3) is 5.53. The van der Waals surface area contributed by atoms with Crippen LogP contribution in [0.4, 0.5) is 0 Å². The van der Waals surface area contributed by atoms with Gasteiger partial charge in [-0.05, 0) is 24.0 Å².